The van der Waals surface area contributed by atoms with Gasteiger partial charge in [-0.2, -0.15) is 0 Å². The van der Waals surface area contributed by atoms with Crippen LogP contribution in [-0.4, -0.2) is 49.8 Å². The smallest absolute Gasteiger partial charge is 0.0476 e. The predicted octanol–water partition coefficient (Wildman–Crippen LogP) is 1.87. The van der Waals surface area contributed by atoms with Crippen molar-refractivity contribution in [3.8, 4) is 0 Å². The van der Waals surface area contributed by atoms with Crippen LogP contribution in [0, 0.1) is 0 Å². The molecule has 0 aromatic heterocycles. The molecule has 1 N–H and O–H groups in total. The van der Waals surface area contributed by atoms with E-state index in [1.807, 2.05) is 0 Å². The quantitative estimate of drug-likeness (QED) is 0.652. The molecule has 96 valence electrons. The molecule has 1 unspecified atom stereocenters. The molecule has 0 aromatic rings. The van der Waals surface area contributed by atoms with E-state index in [9.17, 15) is 0 Å². The molecule has 3 nitrogen and oxygen atoms in total. The summed E-state index contributed by atoms with van der Waals surface area (Å²) in [6.07, 6.45) is 3.90. The van der Waals surface area contributed by atoms with Crippen LogP contribution in [0.4, 0.5) is 0 Å². The molecule has 1 rings (SSSR count). The van der Waals surface area contributed by atoms with Crippen molar-refractivity contribution in [2.75, 3.05) is 26.8 Å². The Morgan fingerprint density at radius 3 is 2.50 bits per heavy atom. The maximum atomic E-state index is 5.08. The summed E-state index contributed by atoms with van der Waals surface area (Å²) in [6, 6.07) is 2.12. The third-order valence-electron chi connectivity index (χ3n) is 3.30. The number of nitrogens with one attached hydrogen (secondary N) is 1. The minimum Gasteiger partial charge on any atom is -0.385 e. The highest BCUT2D eigenvalue weighted by Gasteiger charge is 2.29. The van der Waals surface area contributed by atoms with E-state index in [1.54, 1.807) is 7.11 Å². The lowest BCUT2D eigenvalue weighted by Gasteiger charge is -2.27. The van der Waals surface area contributed by atoms with Crippen LogP contribution in [0.1, 0.15) is 40.0 Å². The number of methoxy groups -OCH3 is 1. The first-order chi connectivity index (χ1) is 7.65. The Morgan fingerprint density at radius 1 is 1.31 bits per heavy atom. The van der Waals surface area contributed by atoms with E-state index in [4.69, 9.17) is 4.74 Å². The predicted molar refractivity (Wildman–Crippen MR) is 68.8 cm³/mol. The first kappa shape index (κ1) is 13.9. The molecule has 1 saturated carbocycles. The van der Waals surface area contributed by atoms with Crippen molar-refractivity contribution in [3.05, 3.63) is 0 Å². The van der Waals surface area contributed by atoms with Gasteiger partial charge >= 0.3 is 0 Å². The van der Waals surface area contributed by atoms with Gasteiger partial charge in [-0.3, -0.25) is 4.90 Å². The van der Waals surface area contributed by atoms with Gasteiger partial charge in [-0.1, -0.05) is 0 Å². The zero-order chi connectivity index (χ0) is 12.0. The van der Waals surface area contributed by atoms with Crippen molar-refractivity contribution in [2.45, 2.75) is 58.2 Å². The Balaban J connectivity index is 2.08. The molecule has 1 fully saturated rings. The van der Waals surface area contributed by atoms with Gasteiger partial charge < -0.3 is 10.1 Å². The second-order valence-corrected chi connectivity index (χ2v) is 5.20. The molecule has 0 amide bonds. The number of rotatable bonds is 9. The van der Waals surface area contributed by atoms with E-state index in [2.05, 4.69) is 31.0 Å². The second-order valence-electron chi connectivity index (χ2n) is 5.20. The number of nitrogens with zero attached hydrogens (tertiary/aromatic N) is 1. The van der Waals surface area contributed by atoms with Crippen molar-refractivity contribution >= 4 is 0 Å². The third-order valence-corrected chi connectivity index (χ3v) is 3.30. The highest BCUT2D eigenvalue weighted by Crippen LogP contribution is 2.27. The fourth-order valence-corrected chi connectivity index (χ4v) is 2.11. The van der Waals surface area contributed by atoms with Gasteiger partial charge in [0.05, 0.1) is 0 Å². The first-order valence-electron chi connectivity index (χ1n) is 6.63. The lowest BCUT2D eigenvalue weighted by atomic mass is 10.2. The molecule has 0 bridgehead atoms. The largest absolute Gasteiger partial charge is 0.385 e. The Kier molecular flexibility index (Phi) is 6.32. The van der Waals surface area contributed by atoms with E-state index in [0.29, 0.717) is 12.1 Å². The fraction of sp³-hybridized carbons (Fsp3) is 1.00. The Labute approximate surface area is 101 Å². The van der Waals surface area contributed by atoms with Gasteiger partial charge in [-0.15, -0.1) is 0 Å². The van der Waals surface area contributed by atoms with Gasteiger partial charge in [-0.05, 0) is 40.0 Å². The maximum Gasteiger partial charge on any atom is 0.0476 e. The Hall–Kier alpha value is -0.120. The lowest BCUT2D eigenvalue weighted by Crippen LogP contribution is -2.40. The highest BCUT2D eigenvalue weighted by molar-refractivity contribution is 4.86. The molecular formula is C13H28N2O. The molecule has 16 heavy (non-hydrogen) atoms. The summed E-state index contributed by atoms with van der Waals surface area (Å²) >= 11 is 0. The average Bonchev–Trinajstić information content (AvgIpc) is 3.04. The van der Waals surface area contributed by atoms with Crippen molar-refractivity contribution in [3.63, 3.8) is 0 Å². The SMILES string of the molecule is COCCC(C)NCCN(C(C)C)C1CC1. The minimum absolute atomic E-state index is 0.563. The Bertz CT molecular complexity index is 179. The van der Waals surface area contributed by atoms with Crippen LogP contribution in [0.2, 0.25) is 0 Å². The molecule has 3 heteroatoms. The van der Waals surface area contributed by atoms with Crippen LogP contribution in [0.15, 0.2) is 0 Å². The van der Waals surface area contributed by atoms with Gasteiger partial charge in [0.15, 0.2) is 0 Å². The summed E-state index contributed by atoms with van der Waals surface area (Å²) in [5, 5.41) is 3.56. The van der Waals surface area contributed by atoms with Crippen molar-refractivity contribution in [2.24, 2.45) is 0 Å². The molecule has 0 spiro atoms. The van der Waals surface area contributed by atoms with Crippen LogP contribution >= 0.6 is 0 Å². The third kappa shape index (κ3) is 5.28. The van der Waals surface area contributed by atoms with Crippen molar-refractivity contribution in [1.29, 1.82) is 0 Å². The van der Waals surface area contributed by atoms with Crippen LogP contribution in [0.25, 0.3) is 0 Å². The lowest BCUT2D eigenvalue weighted by molar-refractivity contribution is 0.179. The summed E-state index contributed by atoms with van der Waals surface area (Å²) < 4.78 is 5.08. The minimum atomic E-state index is 0.563. The summed E-state index contributed by atoms with van der Waals surface area (Å²) in [5.74, 6) is 0. The molecule has 1 aliphatic carbocycles. The first-order valence-corrected chi connectivity index (χ1v) is 6.63. The number of ether oxygens (including phenoxy) is 1. The molecule has 0 aliphatic heterocycles. The van der Waals surface area contributed by atoms with Crippen LogP contribution in [0.5, 0.6) is 0 Å². The standard InChI is InChI=1S/C13H28N2O/c1-11(2)15(13-5-6-13)9-8-14-12(3)7-10-16-4/h11-14H,5-10H2,1-4H3. The molecule has 1 atom stereocenters. The normalized spacial score (nSPS) is 18.4. The van der Waals surface area contributed by atoms with Crippen LogP contribution in [-0.2, 0) is 4.74 Å². The summed E-state index contributed by atoms with van der Waals surface area (Å²) in [7, 11) is 1.76. The van der Waals surface area contributed by atoms with Gasteiger partial charge in [0, 0.05) is 44.9 Å². The molecule has 0 heterocycles. The molecule has 0 radical (unpaired) electrons. The van der Waals surface area contributed by atoms with Crippen molar-refractivity contribution in [1.82, 2.24) is 10.2 Å². The average molecular weight is 228 g/mol. The van der Waals surface area contributed by atoms with Crippen LogP contribution < -0.4 is 5.32 Å². The van der Waals surface area contributed by atoms with Crippen LogP contribution in [0.3, 0.4) is 0 Å². The fourth-order valence-electron chi connectivity index (χ4n) is 2.11. The summed E-state index contributed by atoms with van der Waals surface area (Å²) in [6.45, 7) is 9.96. The number of hydrogen-bond acceptors (Lipinski definition) is 3. The Morgan fingerprint density at radius 2 is 2.00 bits per heavy atom. The van der Waals surface area contributed by atoms with Gasteiger partial charge in [0.25, 0.3) is 0 Å². The zero-order valence-electron chi connectivity index (χ0n) is 11.3. The zero-order valence-corrected chi connectivity index (χ0v) is 11.3. The molecule has 1 aliphatic rings. The second kappa shape index (κ2) is 7.25. The van der Waals surface area contributed by atoms with Gasteiger partial charge in [0.1, 0.15) is 0 Å². The van der Waals surface area contributed by atoms with Gasteiger partial charge in [0.2, 0.25) is 0 Å². The van der Waals surface area contributed by atoms with E-state index in [-0.39, 0.29) is 0 Å². The highest BCUT2D eigenvalue weighted by atomic mass is 16.5. The molecular weight excluding hydrogens is 200 g/mol. The van der Waals surface area contributed by atoms with E-state index in [0.717, 1.165) is 25.6 Å². The van der Waals surface area contributed by atoms with Crippen molar-refractivity contribution < 1.29 is 4.74 Å². The summed E-state index contributed by atoms with van der Waals surface area (Å²) in [4.78, 5) is 2.62. The topological polar surface area (TPSA) is 24.5 Å². The van der Waals surface area contributed by atoms with Gasteiger partial charge in [-0.25, -0.2) is 0 Å². The van der Waals surface area contributed by atoms with E-state index < -0.39 is 0 Å². The number of hydrogen-bond donors (Lipinski definition) is 1. The van der Waals surface area contributed by atoms with E-state index >= 15 is 0 Å². The summed E-state index contributed by atoms with van der Waals surface area (Å²) in [5.41, 5.74) is 0. The maximum absolute atomic E-state index is 5.08. The molecule has 0 saturated heterocycles. The molecule has 0 aromatic carbocycles. The van der Waals surface area contributed by atoms with E-state index in [1.165, 1.54) is 19.4 Å². The monoisotopic (exact) mass is 228 g/mol.